The third-order valence-electron chi connectivity index (χ3n) is 10.1. The average Bonchev–Trinajstić information content (AvgIpc) is 3.44. The lowest BCUT2D eigenvalue weighted by molar-refractivity contribution is 0.656. The summed E-state index contributed by atoms with van der Waals surface area (Å²) in [5.41, 5.74) is 19.9. The molecule has 0 bridgehead atoms. The number of nitrogens with zero attached hydrogens (tertiary/aromatic N) is 2. The van der Waals surface area contributed by atoms with Gasteiger partial charge in [-0.2, -0.15) is 0 Å². The molecule has 0 spiro atoms. The van der Waals surface area contributed by atoms with Gasteiger partial charge in [0.2, 0.25) is 12.4 Å². The van der Waals surface area contributed by atoms with Crippen LogP contribution in [0.25, 0.3) is 55.4 Å². The van der Waals surface area contributed by atoms with E-state index in [0.717, 1.165) is 38.5 Å². The number of hydrogen-bond donors (Lipinski definition) is 0. The van der Waals surface area contributed by atoms with Crippen molar-refractivity contribution < 1.29 is 4.42 Å². The van der Waals surface area contributed by atoms with Crippen molar-refractivity contribution in [2.75, 3.05) is 0 Å². The number of hydrogen-bond acceptors (Lipinski definition) is 3. The lowest BCUT2D eigenvalue weighted by Gasteiger charge is -2.27. The standard InChI is InChI=1S/C44H37BN2O/c1-26-12-9-13-27(2)40(26)45(41-28(3)14-10-15-29(41)4)42-30(5)24-34(25-31(42)6)32-19-21-33(22-20-32)38-39-35-16-7-8-18-37(35)48-44(39)47-36-17-11-23-46-43(36)38/h7-25H,1-6H3. The highest BCUT2D eigenvalue weighted by atomic mass is 16.3. The van der Waals surface area contributed by atoms with Gasteiger partial charge in [0.05, 0.1) is 16.4 Å². The molecule has 8 rings (SSSR count). The molecular weight excluding hydrogens is 583 g/mol. The van der Waals surface area contributed by atoms with Gasteiger partial charge in [-0.05, 0) is 76.4 Å². The highest BCUT2D eigenvalue weighted by Gasteiger charge is 2.30. The smallest absolute Gasteiger partial charge is 0.243 e. The zero-order chi connectivity index (χ0) is 33.1. The van der Waals surface area contributed by atoms with E-state index in [0.29, 0.717) is 5.71 Å². The lowest BCUT2D eigenvalue weighted by Crippen LogP contribution is -2.57. The predicted molar refractivity (Wildman–Crippen MR) is 204 cm³/mol. The molecule has 3 nitrogen and oxygen atoms in total. The van der Waals surface area contributed by atoms with E-state index >= 15 is 0 Å². The Bertz CT molecular complexity index is 2410. The van der Waals surface area contributed by atoms with E-state index in [1.54, 1.807) is 0 Å². The van der Waals surface area contributed by atoms with E-state index < -0.39 is 0 Å². The molecule has 0 aliphatic heterocycles. The van der Waals surface area contributed by atoms with Crippen LogP contribution in [0.2, 0.25) is 0 Å². The fourth-order valence-corrected chi connectivity index (χ4v) is 7.97. The molecule has 0 radical (unpaired) electrons. The third-order valence-corrected chi connectivity index (χ3v) is 10.1. The number of pyridine rings is 2. The van der Waals surface area contributed by atoms with Crippen LogP contribution in [-0.2, 0) is 0 Å². The number of aryl methyl sites for hydroxylation is 6. The monoisotopic (exact) mass is 620 g/mol. The molecule has 0 aliphatic carbocycles. The first-order chi connectivity index (χ1) is 23.3. The van der Waals surface area contributed by atoms with Crippen molar-refractivity contribution in [3.8, 4) is 22.3 Å². The second-order valence-corrected chi connectivity index (χ2v) is 13.3. The van der Waals surface area contributed by atoms with Crippen LogP contribution in [0.4, 0.5) is 0 Å². The highest BCUT2D eigenvalue weighted by Crippen LogP contribution is 2.40. The van der Waals surface area contributed by atoms with Gasteiger partial charge in [0.25, 0.3) is 0 Å². The van der Waals surface area contributed by atoms with Crippen LogP contribution in [0.1, 0.15) is 33.4 Å². The summed E-state index contributed by atoms with van der Waals surface area (Å²) in [5, 5.41) is 2.06. The summed E-state index contributed by atoms with van der Waals surface area (Å²) in [6.07, 6.45) is 1.84. The number of rotatable bonds is 5. The van der Waals surface area contributed by atoms with Crippen LogP contribution in [0.5, 0.6) is 0 Å². The molecule has 8 aromatic rings. The Hall–Kier alpha value is -5.48. The maximum Gasteiger partial charge on any atom is 0.243 e. The maximum absolute atomic E-state index is 6.23. The summed E-state index contributed by atoms with van der Waals surface area (Å²) in [5.74, 6) is 0. The quantitative estimate of drug-likeness (QED) is 0.180. The second-order valence-electron chi connectivity index (χ2n) is 13.3. The summed E-state index contributed by atoms with van der Waals surface area (Å²) in [4.78, 5) is 9.64. The van der Waals surface area contributed by atoms with Gasteiger partial charge < -0.3 is 4.42 Å². The van der Waals surface area contributed by atoms with Crippen molar-refractivity contribution in [2.45, 2.75) is 41.5 Å². The Balaban J connectivity index is 1.27. The minimum Gasteiger partial charge on any atom is -0.438 e. The van der Waals surface area contributed by atoms with Crippen molar-refractivity contribution in [3.05, 3.63) is 149 Å². The Morgan fingerprint density at radius 1 is 0.521 bits per heavy atom. The van der Waals surface area contributed by atoms with E-state index in [-0.39, 0.29) is 6.71 Å². The Kier molecular flexibility index (Phi) is 7.25. The maximum atomic E-state index is 6.23. The Morgan fingerprint density at radius 2 is 1.08 bits per heavy atom. The van der Waals surface area contributed by atoms with Crippen LogP contribution >= 0.6 is 0 Å². The summed E-state index contributed by atoms with van der Waals surface area (Å²) < 4.78 is 6.23. The van der Waals surface area contributed by atoms with E-state index in [9.17, 15) is 0 Å². The summed E-state index contributed by atoms with van der Waals surface area (Å²) in [6, 6.07) is 39.1. The molecule has 0 atom stereocenters. The van der Waals surface area contributed by atoms with Crippen molar-refractivity contribution in [1.82, 2.24) is 9.97 Å². The van der Waals surface area contributed by atoms with Crippen LogP contribution in [0.3, 0.4) is 0 Å². The lowest BCUT2D eigenvalue weighted by atomic mass is 9.33. The van der Waals surface area contributed by atoms with Gasteiger partial charge in [-0.3, -0.25) is 4.98 Å². The minimum atomic E-state index is 0.156. The predicted octanol–water partition coefficient (Wildman–Crippen LogP) is 9.23. The molecular formula is C44H37BN2O. The number of para-hydroxylation sites is 1. The van der Waals surface area contributed by atoms with Crippen molar-refractivity contribution >= 4 is 56.2 Å². The van der Waals surface area contributed by atoms with Crippen LogP contribution in [0.15, 0.2) is 120 Å². The largest absolute Gasteiger partial charge is 0.438 e. The zero-order valence-electron chi connectivity index (χ0n) is 28.3. The third kappa shape index (κ3) is 4.83. The molecule has 0 saturated heterocycles. The second kappa shape index (κ2) is 11.6. The highest BCUT2D eigenvalue weighted by molar-refractivity contribution is 6.97. The zero-order valence-corrected chi connectivity index (χ0v) is 28.3. The van der Waals surface area contributed by atoms with Gasteiger partial charge in [0, 0.05) is 17.1 Å². The van der Waals surface area contributed by atoms with E-state index in [1.807, 2.05) is 36.5 Å². The van der Waals surface area contributed by atoms with Gasteiger partial charge in [0.15, 0.2) is 0 Å². The molecule has 4 heteroatoms. The van der Waals surface area contributed by atoms with Crippen LogP contribution in [-0.4, -0.2) is 16.7 Å². The number of furan rings is 1. The number of fused-ring (bicyclic) bond motifs is 4. The topological polar surface area (TPSA) is 38.9 Å². The molecule has 48 heavy (non-hydrogen) atoms. The van der Waals surface area contributed by atoms with Crippen molar-refractivity contribution in [1.29, 1.82) is 0 Å². The van der Waals surface area contributed by atoms with E-state index in [1.165, 1.54) is 60.9 Å². The molecule has 3 heterocycles. The normalized spacial score (nSPS) is 11.5. The first-order valence-electron chi connectivity index (χ1n) is 16.7. The fourth-order valence-electron chi connectivity index (χ4n) is 7.97. The van der Waals surface area contributed by atoms with E-state index in [4.69, 9.17) is 14.4 Å². The summed E-state index contributed by atoms with van der Waals surface area (Å²) in [6.45, 7) is 13.7. The Morgan fingerprint density at radius 3 is 1.71 bits per heavy atom. The SMILES string of the molecule is Cc1cccc(C)c1B(c1c(C)cccc1C)c1c(C)cc(-c2ccc(-c3c4ncccc4nc4oc5ccccc5c34)cc2)cc1C. The average molecular weight is 621 g/mol. The molecule has 232 valence electrons. The van der Waals surface area contributed by atoms with Gasteiger partial charge in [-0.1, -0.05) is 141 Å². The first-order valence-corrected chi connectivity index (χ1v) is 16.7. The number of aromatic nitrogens is 2. The molecule has 0 fully saturated rings. The molecule has 0 saturated carbocycles. The van der Waals surface area contributed by atoms with Crippen molar-refractivity contribution in [3.63, 3.8) is 0 Å². The first kappa shape index (κ1) is 29.9. The number of benzene rings is 5. The molecule has 3 aromatic heterocycles. The molecule has 0 aliphatic rings. The Labute approximate surface area is 282 Å². The fraction of sp³-hybridized carbons (Fsp3) is 0.136. The van der Waals surface area contributed by atoms with E-state index in [2.05, 4.69) is 120 Å². The molecule has 0 amide bonds. The van der Waals surface area contributed by atoms with Gasteiger partial charge in [0.1, 0.15) is 5.58 Å². The van der Waals surface area contributed by atoms with Crippen LogP contribution < -0.4 is 16.4 Å². The van der Waals surface area contributed by atoms with Crippen LogP contribution in [0, 0.1) is 41.5 Å². The molecule has 5 aromatic carbocycles. The van der Waals surface area contributed by atoms with Gasteiger partial charge in [-0.15, -0.1) is 0 Å². The van der Waals surface area contributed by atoms with Crippen molar-refractivity contribution in [2.24, 2.45) is 0 Å². The van der Waals surface area contributed by atoms with Gasteiger partial charge >= 0.3 is 0 Å². The molecule has 0 N–H and O–H groups in total. The summed E-state index contributed by atoms with van der Waals surface area (Å²) in [7, 11) is 0. The summed E-state index contributed by atoms with van der Waals surface area (Å²) >= 11 is 0. The molecule has 0 unspecified atom stereocenters. The minimum absolute atomic E-state index is 0.156. The van der Waals surface area contributed by atoms with Gasteiger partial charge in [-0.25, -0.2) is 4.98 Å².